The maximum atomic E-state index is 13.2. The summed E-state index contributed by atoms with van der Waals surface area (Å²) in [7, 11) is 0. The van der Waals surface area contributed by atoms with Gasteiger partial charge in [-0.15, -0.1) is 0 Å². The molecule has 4 nitrogen and oxygen atoms in total. The summed E-state index contributed by atoms with van der Waals surface area (Å²) in [6.07, 6.45) is 6.09. The second-order valence-electron chi connectivity index (χ2n) is 8.13. The third-order valence-corrected chi connectivity index (χ3v) is 6.61. The minimum atomic E-state index is -0.149. The van der Waals surface area contributed by atoms with Crippen molar-refractivity contribution in [1.29, 1.82) is 0 Å². The number of amides is 1. The first-order valence-corrected chi connectivity index (χ1v) is 9.74. The number of hydrogen-bond donors (Lipinski definition) is 0. The third kappa shape index (κ3) is 2.64. The monoisotopic (exact) mass is 347 g/mol. The average Bonchev–Trinajstić information content (AvgIpc) is 3.37. The molecule has 2 aliphatic heterocycles. The van der Waals surface area contributed by atoms with Crippen LogP contribution in [0, 0.1) is 5.41 Å². The molecule has 1 atom stereocenters. The van der Waals surface area contributed by atoms with E-state index in [1.807, 2.05) is 23.1 Å². The Kier molecular flexibility index (Phi) is 3.82. The highest BCUT2D eigenvalue weighted by Gasteiger charge is 2.51. The van der Waals surface area contributed by atoms with Crippen LogP contribution in [-0.2, 0) is 24.2 Å². The number of benzene rings is 1. The van der Waals surface area contributed by atoms with Crippen LogP contribution >= 0.6 is 0 Å². The van der Waals surface area contributed by atoms with Crippen LogP contribution in [0.4, 0.5) is 0 Å². The Hall–Kier alpha value is -2.20. The lowest BCUT2D eigenvalue weighted by Crippen LogP contribution is -2.40. The lowest BCUT2D eigenvalue weighted by molar-refractivity contribution is -0.136. The zero-order chi connectivity index (χ0) is 17.6. The molecule has 0 N–H and O–H groups in total. The maximum Gasteiger partial charge on any atom is 0.230 e. The molecule has 1 amide bonds. The molecule has 0 saturated carbocycles. The molecule has 3 heterocycles. The minimum Gasteiger partial charge on any atom is -0.336 e. The summed E-state index contributed by atoms with van der Waals surface area (Å²) in [5, 5.41) is 0. The summed E-state index contributed by atoms with van der Waals surface area (Å²) in [5.74, 6) is 0.348. The fraction of sp³-hybridized carbons (Fsp3) is 0.455. The van der Waals surface area contributed by atoms with E-state index in [1.54, 1.807) is 6.20 Å². The molecular weight excluding hydrogens is 322 g/mol. The van der Waals surface area contributed by atoms with Crippen molar-refractivity contribution in [3.63, 3.8) is 0 Å². The van der Waals surface area contributed by atoms with Gasteiger partial charge in [-0.1, -0.05) is 30.3 Å². The largest absolute Gasteiger partial charge is 0.336 e. The number of hydrogen-bond acceptors (Lipinski definition) is 3. The summed E-state index contributed by atoms with van der Waals surface area (Å²) < 4.78 is 0. The van der Waals surface area contributed by atoms with E-state index in [0.717, 1.165) is 51.0 Å². The first kappa shape index (κ1) is 16.0. The second kappa shape index (κ2) is 6.20. The smallest absolute Gasteiger partial charge is 0.230 e. The molecule has 1 spiro atoms. The summed E-state index contributed by atoms with van der Waals surface area (Å²) in [6.45, 7) is 3.51. The molecule has 1 unspecified atom stereocenters. The lowest BCUT2D eigenvalue weighted by atomic mass is 9.85. The molecule has 134 valence electrons. The SMILES string of the molecule is O=C1N(Cc2ccccn2)CCC12CCN(C1Cc3ccccc3C1)C2. The van der Waals surface area contributed by atoms with E-state index in [4.69, 9.17) is 0 Å². The predicted molar refractivity (Wildman–Crippen MR) is 101 cm³/mol. The van der Waals surface area contributed by atoms with E-state index in [-0.39, 0.29) is 5.41 Å². The van der Waals surface area contributed by atoms with E-state index in [1.165, 1.54) is 11.1 Å². The number of carbonyl (C=O) groups excluding carboxylic acids is 1. The van der Waals surface area contributed by atoms with Gasteiger partial charge in [0.2, 0.25) is 5.91 Å². The molecule has 3 aliphatic rings. The van der Waals surface area contributed by atoms with Crippen LogP contribution in [0.3, 0.4) is 0 Å². The first-order valence-electron chi connectivity index (χ1n) is 9.74. The molecule has 2 aromatic rings. The van der Waals surface area contributed by atoms with E-state index in [9.17, 15) is 4.79 Å². The van der Waals surface area contributed by atoms with Crippen LogP contribution in [0.1, 0.15) is 29.7 Å². The minimum absolute atomic E-state index is 0.149. The van der Waals surface area contributed by atoms with E-state index in [2.05, 4.69) is 34.1 Å². The van der Waals surface area contributed by atoms with Crippen LogP contribution in [0.25, 0.3) is 0 Å². The molecule has 5 rings (SSSR count). The van der Waals surface area contributed by atoms with Crippen molar-refractivity contribution in [2.75, 3.05) is 19.6 Å². The Bertz CT molecular complexity index is 796. The molecule has 0 radical (unpaired) electrons. The van der Waals surface area contributed by atoms with Crippen molar-refractivity contribution >= 4 is 5.91 Å². The van der Waals surface area contributed by atoms with Crippen LogP contribution < -0.4 is 0 Å². The predicted octanol–water partition coefficient (Wildman–Crippen LogP) is 2.67. The maximum absolute atomic E-state index is 13.2. The number of likely N-dealkylation sites (tertiary alicyclic amines) is 2. The van der Waals surface area contributed by atoms with Gasteiger partial charge in [0.25, 0.3) is 0 Å². The van der Waals surface area contributed by atoms with Gasteiger partial charge < -0.3 is 4.90 Å². The van der Waals surface area contributed by atoms with Crippen molar-refractivity contribution in [3.8, 4) is 0 Å². The number of rotatable bonds is 3. The van der Waals surface area contributed by atoms with Crippen LogP contribution in [0.5, 0.6) is 0 Å². The molecule has 26 heavy (non-hydrogen) atoms. The van der Waals surface area contributed by atoms with Crippen molar-refractivity contribution in [1.82, 2.24) is 14.8 Å². The lowest BCUT2D eigenvalue weighted by Gasteiger charge is -2.27. The van der Waals surface area contributed by atoms with Crippen LogP contribution in [0.2, 0.25) is 0 Å². The quantitative estimate of drug-likeness (QED) is 0.856. The Labute approximate surface area is 154 Å². The van der Waals surface area contributed by atoms with E-state index < -0.39 is 0 Å². The van der Waals surface area contributed by atoms with Gasteiger partial charge in [-0.05, 0) is 55.5 Å². The standard InChI is InChI=1S/C22H25N3O/c26-21-22(8-11-24(21)15-19-7-3-4-10-23-19)9-12-25(16-22)20-13-17-5-1-2-6-18(17)14-20/h1-7,10,20H,8-9,11-16H2. The Morgan fingerprint density at radius 3 is 2.46 bits per heavy atom. The summed E-state index contributed by atoms with van der Waals surface area (Å²) in [5.41, 5.74) is 3.82. The Morgan fingerprint density at radius 1 is 1.00 bits per heavy atom. The summed E-state index contributed by atoms with van der Waals surface area (Å²) in [6, 6.07) is 15.3. The first-order chi connectivity index (χ1) is 12.7. The summed E-state index contributed by atoms with van der Waals surface area (Å²) >= 11 is 0. The Balaban J connectivity index is 1.26. The topological polar surface area (TPSA) is 36.4 Å². The van der Waals surface area contributed by atoms with E-state index >= 15 is 0 Å². The zero-order valence-electron chi connectivity index (χ0n) is 15.1. The van der Waals surface area contributed by atoms with Gasteiger partial charge in [-0.25, -0.2) is 0 Å². The molecule has 4 heteroatoms. The number of nitrogens with zero attached hydrogens (tertiary/aromatic N) is 3. The molecule has 1 aliphatic carbocycles. The molecule has 1 aromatic heterocycles. The third-order valence-electron chi connectivity index (χ3n) is 6.61. The molecule has 2 fully saturated rings. The van der Waals surface area contributed by atoms with Gasteiger partial charge in [-0.3, -0.25) is 14.7 Å². The molecule has 2 saturated heterocycles. The van der Waals surface area contributed by atoms with Gasteiger partial charge >= 0.3 is 0 Å². The van der Waals surface area contributed by atoms with Crippen molar-refractivity contribution in [2.45, 2.75) is 38.3 Å². The van der Waals surface area contributed by atoms with Crippen molar-refractivity contribution in [3.05, 3.63) is 65.5 Å². The average molecular weight is 347 g/mol. The highest BCUT2D eigenvalue weighted by atomic mass is 16.2. The van der Waals surface area contributed by atoms with Gasteiger partial charge in [0.15, 0.2) is 0 Å². The second-order valence-corrected chi connectivity index (χ2v) is 8.13. The van der Waals surface area contributed by atoms with Crippen molar-refractivity contribution < 1.29 is 4.79 Å². The molecular formula is C22H25N3O. The van der Waals surface area contributed by atoms with Gasteiger partial charge in [0.05, 0.1) is 17.7 Å². The molecule has 0 bridgehead atoms. The Morgan fingerprint density at radius 2 is 1.73 bits per heavy atom. The van der Waals surface area contributed by atoms with Gasteiger partial charge in [0, 0.05) is 25.3 Å². The normalized spacial score (nSPS) is 26.2. The number of pyridine rings is 1. The van der Waals surface area contributed by atoms with Crippen LogP contribution in [0.15, 0.2) is 48.7 Å². The van der Waals surface area contributed by atoms with Gasteiger partial charge in [-0.2, -0.15) is 0 Å². The van der Waals surface area contributed by atoms with Gasteiger partial charge in [0.1, 0.15) is 0 Å². The molecule has 1 aromatic carbocycles. The fourth-order valence-electron chi connectivity index (χ4n) is 5.12. The number of aromatic nitrogens is 1. The number of fused-ring (bicyclic) bond motifs is 1. The summed E-state index contributed by atoms with van der Waals surface area (Å²) in [4.78, 5) is 22.2. The highest BCUT2D eigenvalue weighted by molar-refractivity contribution is 5.85. The fourth-order valence-corrected chi connectivity index (χ4v) is 5.12. The number of carbonyl (C=O) groups is 1. The van der Waals surface area contributed by atoms with E-state index in [0.29, 0.717) is 18.5 Å². The zero-order valence-corrected chi connectivity index (χ0v) is 15.1. The van der Waals surface area contributed by atoms with Crippen molar-refractivity contribution in [2.24, 2.45) is 5.41 Å². The highest BCUT2D eigenvalue weighted by Crippen LogP contribution is 2.43. The van der Waals surface area contributed by atoms with Crippen LogP contribution in [-0.4, -0.2) is 46.4 Å².